The van der Waals surface area contributed by atoms with Gasteiger partial charge in [0.2, 0.25) is 5.95 Å². The van der Waals surface area contributed by atoms with Crippen LogP contribution in [-0.2, 0) is 0 Å². The van der Waals surface area contributed by atoms with E-state index in [2.05, 4.69) is 19.9 Å². The summed E-state index contributed by atoms with van der Waals surface area (Å²) in [6.07, 6.45) is 2.56. The van der Waals surface area contributed by atoms with Crippen molar-refractivity contribution in [1.29, 1.82) is 0 Å². The highest BCUT2D eigenvalue weighted by Crippen LogP contribution is 2.31. The molecule has 0 spiro atoms. The molecule has 33 heavy (non-hydrogen) atoms. The van der Waals surface area contributed by atoms with Crippen molar-refractivity contribution in [3.63, 3.8) is 0 Å². The number of aryl methyl sites for hydroxylation is 1. The van der Waals surface area contributed by atoms with Crippen molar-refractivity contribution in [1.82, 2.24) is 29.3 Å². The number of nitrogens with zero attached hydrogens (tertiary/aromatic N) is 6. The largest absolute Gasteiger partial charge is 0.368 e. The Morgan fingerprint density at radius 3 is 2.45 bits per heavy atom. The summed E-state index contributed by atoms with van der Waals surface area (Å²) in [7, 11) is 4.05. The number of benzene rings is 1. The first-order valence-corrected chi connectivity index (χ1v) is 11.1. The van der Waals surface area contributed by atoms with Gasteiger partial charge in [0.25, 0.3) is 5.91 Å². The third-order valence-electron chi connectivity index (χ3n) is 6.20. The minimum atomic E-state index is -0.571. The number of halogens is 1. The van der Waals surface area contributed by atoms with Crippen LogP contribution in [0.3, 0.4) is 0 Å². The van der Waals surface area contributed by atoms with E-state index in [9.17, 15) is 4.79 Å². The second-order valence-corrected chi connectivity index (χ2v) is 8.98. The molecule has 1 amide bonds. The molecule has 0 bridgehead atoms. The van der Waals surface area contributed by atoms with Crippen LogP contribution in [-0.4, -0.2) is 68.5 Å². The number of carbonyl (C=O) groups is 1. The average molecular weight is 452 g/mol. The number of aromatic nitrogens is 4. The molecule has 4 rings (SSSR count). The lowest BCUT2D eigenvalue weighted by Crippen LogP contribution is -2.34. The Kier molecular flexibility index (Phi) is 6.16. The molecule has 0 aliphatic carbocycles. The van der Waals surface area contributed by atoms with Crippen molar-refractivity contribution < 1.29 is 9.18 Å². The summed E-state index contributed by atoms with van der Waals surface area (Å²) >= 11 is 0. The monoisotopic (exact) mass is 451 g/mol. The molecule has 3 heterocycles. The maximum Gasteiger partial charge on any atom is 0.253 e. The summed E-state index contributed by atoms with van der Waals surface area (Å²) in [5, 5.41) is 0. The smallest absolute Gasteiger partial charge is 0.253 e. The fraction of sp³-hybridized carbons (Fsp3) is 0.417. The van der Waals surface area contributed by atoms with Gasteiger partial charge >= 0.3 is 0 Å². The number of carbonyl (C=O) groups excluding carboxylic acids is 1. The van der Waals surface area contributed by atoms with Gasteiger partial charge in [0.05, 0.1) is 11.9 Å². The predicted octanol–water partition coefficient (Wildman–Crippen LogP) is 3.39. The molecule has 1 aliphatic rings. The van der Waals surface area contributed by atoms with Gasteiger partial charge < -0.3 is 20.1 Å². The van der Waals surface area contributed by atoms with Gasteiger partial charge in [-0.2, -0.15) is 0 Å². The van der Waals surface area contributed by atoms with E-state index in [1.807, 2.05) is 44.3 Å². The van der Waals surface area contributed by atoms with Gasteiger partial charge in [-0.3, -0.25) is 4.79 Å². The Labute approximate surface area is 193 Å². The molecule has 2 N–H and O–H groups in total. The molecule has 1 aliphatic heterocycles. The molecular weight excluding hydrogens is 421 g/mol. The molecule has 1 unspecified atom stereocenters. The summed E-state index contributed by atoms with van der Waals surface area (Å²) in [4.78, 5) is 29.6. The van der Waals surface area contributed by atoms with Crippen molar-refractivity contribution in [2.45, 2.75) is 39.3 Å². The Morgan fingerprint density at radius 1 is 1.18 bits per heavy atom. The van der Waals surface area contributed by atoms with Crippen LogP contribution in [0.4, 0.5) is 10.3 Å². The molecule has 1 fully saturated rings. The number of nitrogen functional groups attached to an aromatic ring is 1. The molecule has 9 heteroatoms. The third-order valence-corrected chi connectivity index (χ3v) is 6.20. The number of imidazole rings is 1. The molecule has 1 aromatic carbocycles. The maximum atomic E-state index is 15.6. The van der Waals surface area contributed by atoms with Crippen molar-refractivity contribution in [3.8, 4) is 22.6 Å². The van der Waals surface area contributed by atoms with E-state index in [1.54, 1.807) is 30.5 Å². The SMILES string of the molecule is Cc1ncc(-c2nc(N)nc(-c3ccc(C(=O)N4CCC(N(C)C)C4)cc3)c2F)n1C(C)C. The lowest BCUT2D eigenvalue weighted by atomic mass is 10.1. The molecule has 0 saturated carbocycles. The zero-order valence-electron chi connectivity index (χ0n) is 19.7. The molecule has 2 aromatic heterocycles. The van der Waals surface area contributed by atoms with Gasteiger partial charge in [-0.25, -0.2) is 19.3 Å². The van der Waals surface area contributed by atoms with Crippen molar-refractivity contribution in [2.75, 3.05) is 32.9 Å². The van der Waals surface area contributed by atoms with Crippen LogP contribution >= 0.6 is 0 Å². The van der Waals surface area contributed by atoms with E-state index in [-0.39, 0.29) is 29.3 Å². The van der Waals surface area contributed by atoms with Crippen LogP contribution in [0, 0.1) is 12.7 Å². The van der Waals surface area contributed by atoms with Gasteiger partial charge in [0, 0.05) is 36.3 Å². The average Bonchev–Trinajstić information content (AvgIpc) is 3.42. The van der Waals surface area contributed by atoms with Crippen LogP contribution in [0.2, 0.25) is 0 Å². The zero-order valence-corrected chi connectivity index (χ0v) is 19.7. The third kappa shape index (κ3) is 4.32. The van der Waals surface area contributed by atoms with Crippen LogP contribution < -0.4 is 5.73 Å². The Bertz CT molecular complexity index is 1170. The number of hydrogen-bond acceptors (Lipinski definition) is 6. The molecular formula is C24H30FN7O. The minimum Gasteiger partial charge on any atom is -0.368 e. The van der Waals surface area contributed by atoms with E-state index >= 15 is 4.39 Å². The van der Waals surface area contributed by atoms with Crippen LogP contribution in [0.5, 0.6) is 0 Å². The standard InChI is InChI=1S/C24H30FN7O/c1-14(2)32-15(3)27-12-19(32)22-20(25)21(28-24(26)29-22)16-6-8-17(9-7-16)23(33)31-11-10-18(13-31)30(4)5/h6-9,12,14,18H,10-11,13H2,1-5H3,(H2,26,28,29). The van der Waals surface area contributed by atoms with Gasteiger partial charge in [0.1, 0.15) is 17.2 Å². The fourth-order valence-electron chi connectivity index (χ4n) is 4.41. The number of rotatable bonds is 5. The van der Waals surface area contributed by atoms with E-state index in [0.29, 0.717) is 29.4 Å². The number of likely N-dealkylation sites (tertiary alicyclic amines) is 1. The quantitative estimate of drug-likeness (QED) is 0.639. The van der Waals surface area contributed by atoms with E-state index in [0.717, 1.165) is 18.8 Å². The van der Waals surface area contributed by atoms with E-state index in [4.69, 9.17) is 5.73 Å². The zero-order chi connectivity index (χ0) is 23.9. The van der Waals surface area contributed by atoms with Gasteiger partial charge in [-0.05, 0) is 53.4 Å². The topological polar surface area (TPSA) is 93.2 Å². The second kappa shape index (κ2) is 8.90. The van der Waals surface area contributed by atoms with Gasteiger partial charge in [-0.15, -0.1) is 0 Å². The fourth-order valence-corrected chi connectivity index (χ4v) is 4.41. The second-order valence-electron chi connectivity index (χ2n) is 8.98. The molecule has 1 saturated heterocycles. The number of amides is 1. The van der Waals surface area contributed by atoms with Crippen molar-refractivity contribution >= 4 is 11.9 Å². The normalized spacial score (nSPS) is 16.2. The van der Waals surface area contributed by atoms with Crippen molar-refractivity contribution in [3.05, 3.63) is 47.7 Å². The van der Waals surface area contributed by atoms with Gasteiger partial charge in [0.15, 0.2) is 5.82 Å². The first kappa shape index (κ1) is 22.8. The maximum absolute atomic E-state index is 15.6. The van der Waals surface area contributed by atoms with E-state index < -0.39 is 5.82 Å². The number of likely N-dealkylation sites (N-methyl/N-ethyl adjacent to an activating group) is 1. The van der Waals surface area contributed by atoms with Crippen molar-refractivity contribution in [2.24, 2.45) is 0 Å². The Hall–Kier alpha value is -3.33. The minimum absolute atomic E-state index is 0.0226. The highest BCUT2D eigenvalue weighted by molar-refractivity contribution is 5.95. The highest BCUT2D eigenvalue weighted by atomic mass is 19.1. The lowest BCUT2D eigenvalue weighted by Gasteiger charge is -2.20. The molecule has 0 radical (unpaired) electrons. The Balaban J connectivity index is 1.65. The summed E-state index contributed by atoms with van der Waals surface area (Å²) in [6.45, 7) is 7.30. The summed E-state index contributed by atoms with van der Waals surface area (Å²) in [5.41, 5.74) is 7.80. The molecule has 1 atom stereocenters. The lowest BCUT2D eigenvalue weighted by molar-refractivity contribution is 0.0783. The van der Waals surface area contributed by atoms with Crippen LogP contribution in [0.25, 0.3) is 22.6 Å². The number of hydrogen-bond donors (Lipinski definition) is 1. The molecule has 174 valence electrons. The summed E-state index contributed by atoms with van der Waals surface area (Å²) in [5.74, 6) is 0.144. The first-order chi connectivity index (χ1) is 15.7. The number of anilines is 1. The Morgan fingerprint density at radius 2 is 1.85 bits per heavy atom. The van der Waals surface area contributed by atoms with E-state index in [1.165, 1.54) is 0 Å². The molecule has 3 aromatic rings. The van der Waals surface area contributed by atoms with Crippen LogP contribution in [0.1, 0.15) is 42.5 Å². The summed E-state index contributed by atoms with van der Waals surface area (Å²) < 4.78 is 17.5. The highest BCUT2D eigenvalue weighted by Gasteiger charge is 2.28. The van der Waals surface area contributed by atoms with Crippen LogP contribution in [0.15, 0.2) is 30.5 Å². The first-order valence-electron chi connectivity index (χ1n) is 11.1. The molecule has 8 nitrogen and oxygen atoms in total. The van der Waals surface area contributed by atoms with Gasteiger partial charge in [-0.1, -0.05) is 12.1 Å². The predicted molar refractivity (Wildman–Crippen MR) is 126 cm³/mol. The summed E-state index contributed by atoms with van der Waals surface area (Å²) in [6, 6.07) is 7.26. The number of nitrogens with two attached hydrogens (primary N) is 1.